The summed E-state index contributed by atoms with van der Waals surface area (Å²) in [5.74, 6) is -5.73. The Morgan fingerprint density at radius 1 is 0.778 bits per heavy atom. The van der Waals surface area contributed by atoms with Crippen LogP contribution in [0.3, 0.4) is 0 Å². The maximum Gasteiger partial charge on any atom is 0.312 e. The minimum Gasteiger partial charge on any atom is -0.390 e. The molecule has 2 aromatic carbocycles. The van der Waals surface area contributed by atoms with Crippen LogP contribution in [0.2, 0.25) is 0 Å². The van der Waals surface area contributed by atoms with Gasteiger partial charge in [-0.15, -0.1) is 0 Å². The Morgan fingerprint density at radius 2 is 1.44 bits per heavy atom. The number of nitrogens with one attached hydrogen (secondary N) is 5. The van der Waals surface area contributed by atoms with Crippen molar-refractivity contribution in [3.63, 3.8) is 0 Å². The standard InChI is InChI=1S/C66H89F2N7O15/c1-6-12-58-89-54-37-46-47-36-49(67)48-35-45(76)22-24-63(48,4)65(47,68)52(77)38-64(46,5)66(54,90-58)53(78)39-72-60(82)50(16-11-25-71-62(69)84)73-61(83)59(41(2)3)74-56(80)23-27-85-29-31-87-33-34-88-32-30-86-28-26-70-55(79)20-21-57(81)75-40-44-15-8-7-13-42(44)18-19-43-14-9-10-17-51(43)75/h7-10,13-15,17-19,22,24,35,41,46-47,49-50,52,54,58-59,77H,6,11-12,16,20-21,23,25-34,36-40H2,1-5H3,(H,70,79)(H,72,82)(H,73,83)(H,74,80)(H3,69,71,84)/b19-18-/t46-,47-,49-,50-,52-,54+,58?,59-,63-,64-,65-,66+/m0/s1. The summed E-state index contributed by atoms with van der Waals surface area (Å²) in [5, 5.41) is 25.4. The number of urea groups is 1. The number of carbonyl (C=O) groups is 8. The fraction of sp³-hybridized carbons (Fsp3) is 0.606. The molecule has 0 aromatic heterocycles. The van der Waals surface area contributed by atoms with Crippen LogP contribution >= 0.6 is 0 Å². The molecule has 3 saturated carbocycles. The van der Waals surface area contributed by atoms with E-state index in [0.29, 0.717) is 32.6 Å². The fourth-order valence-corrected chi connectivity index (χ4v) is 14.1. The monoisotopic (exact) mass is 1260 g/mol. The Balaban J connectivity index is 0.726. The van der Waals surface area contributed by atoms with Crippen molar-refractivity contribution in [2.24, 2.45) is 34.3 Å². The fourth-order valence-electron chi connectivity index (χ4n) is 14.1. The van der Waals surface area contributed by atoms with E-state index in [1.807, 2.05) is 61.5 Å². The van der Waals surface area contributed by atoms with Gasteiger partial charge in [-0.2, -0.15) is 0 Å². The third-order valence-electron chi connectivity index (χ3n) is 18.7. The summed E-state index contributed by atoms with van der Waals surface area (Å²) in [5.41, 5.74) is 1.84. The summed E-state index contributed by atoms with van der Waals surface area (Å²) in [6.45, 7) is 10.5. The molecule has 4 fully saturated rings. The number of nitrogens with two attached hydrogens (primary N) is 1. The topological polar surface area (TPSA) is 302 Å². The summed E-state index contributed by atoms with van der Waals surface area (Å²) in [4.78, 5) is 108. The molecule has 2 aromatic rings. The lowest BCUT2D eigenvalue weighted by molar-refractivity contribution is -0.234. The lowest BCUT2D eigenvalue weighted by Gasteiger charge is -2.63. The van der Waals surface area contributed by atoms with Gasteiger partial charge >= 0.3 is 6.03 Å². The van der Waals surface area contributed by atoms with Crippen LogP contribution in [0, 0.1) is 28.6 Å². The second-order valence-corrected chi connectivity index (χ2v) is 24.8. The van der Waals surface area contributed by atoms with Crippen molar-refractivity contribution in [1.29, 1.82) is 0 Å². The molecule has 8 rings (SSSR count). The van der Waals surface area contributed by atoms with E-state index in [-0.39, 0.29) is 121 Å². The van der Waals surface area contributed by atoms with Gasteiger partial charge < -0.3 is 70.7 Å². The minimum absolute atomic E-state index is 0.0128. The second-order valence-electron chi connectivity index (χ2n) is 24.8. The van der Waals surface area contributed by atoms with Crippen LogP contribution in [0.4, 0.5) is 19.3 Å². The maximum absolute atomic E-state index is 18.0. The average molecular weight is 1260 g/mol. The maximum atomic E-state index is 18.0. The highest BCUT2D eigenvalue weighted by molar-refractivity contribution is 6.02. The first kappa shape index (κ1) is 69.1. The van der Waals surface area contributed by atoms with E-state index in [2.05, 4.69) is 32.7 Å². The lowest BCUT2D eigenvalue weighted by Crippen LogP contribution is -2.71. The van der Waals surface area contributed by atoms with E-state index in [1.165, 1.54) is 19.1 Å². The number of amides is 7. The first-order chi connectivity index (χ1) is 43.1. The zero-order valence-corrected chi connectivity index (χ0v) is 52.2. The molecule has 12 atom stereocenters. The van der Waals surface area contributed by atoms with Crippen molar-refractivity contribution in [2.45, 2.75) is 153 Å². The van der Waals surface area contributed by atoms with E-state index in [0.717, 1.165) is 28.5 Å². The number of ketones is 2. The molecule has 90 heavy (non-hydrogen) atoms. The molecule has 22 nitrogen and oxygen atoms in total. The van der Waals surface area contributed by atoms with Crippen molar-refractivity contribution in [1.82, 2.24) is 26.6 Å². The van der Waals surface area contributed by atoms with Crippen molar-refractivity contribution >= 4 is 65.0 Å². The molecule has 0 bridgehead atoms. The van der Waals surface area contributed by atoms with E-state index in [9.17, 15) is 43.5 Å². The third kappa shape index (κ3) is 15.4. The van der Waals surface area contributed by atoms with E-state index >= 15 is 8.78 Å². The number of carbonyl (C=O) groups excluding carboxylic acids is 8. The number of ether oxygens (including phenoxy) is 6. The predicted molar refractivity (Wildman–Crippen MR) is 328 cm³/mol. The highest BCUT2D eigenvalue weighted by Crippen LogP contribution is 2.72. The van der Waals surface area contributed by atoms with Crippen LogP contribution in [0.15, 0.2) is 72.3 Å². The van der Waals surface area contributed by atoms with Crippen molar-refractivity contribution in [2.75, 3.05) is 77.4 Å². The third-order valence-corrected chi connectivity index (χ3v) is 18.7. The molecule has 24 heteroatoms. The Hall–Kier alpha value is -6.80. The van der Waals surface area contributed by atoms with E-state index in [4.69, 9.17) is 34.2 Å². The molecule has 0 spiro atoms. The Bertz CT molecular complexity index is 3020. The van der Waals surface area contributed by atoms with Gasteiger partial charge in [0.05, 0.1) is 83.8 Å². The number of nitrogens with zero attached hydrogens (tertiary/aromatic N) is 1. The number of benzene rings is 2. The van der Waals surface area contributed by atoms with Crippen LogP contribution in [0.1, 0.15) is 116 Å². The van der Waals surface area contributed by atoms with Gasteiger partial charge in [0.2, 0.25) is 29.5 Å². The number of primary amides is 1. The van der Waals surface area contributed by atoms with Gasteiger partial charge in [-0.25, -0.2) is 13.6 Å². The average Bonchev–Trinajstić information content (AvgIpc) is 1.39. The zero-order valence-electron chi connectivity index (χ0n) is 52.2. The first-order valence-electron chi connectivity index (χ1n) is 31.5. The molecule has 1 saturated heterocycles. The zero-order chi connectivity index (χ0) is 64.8. The van der Waals surface area contributed by atoms with Gasteiger partial charge in [0.1, 0.15) is 18.3 Å². The second kappa shape index (κ2) is 31.0. The highest BCUT2D eigenvalue weighted by atomic mass is 19.1. The highest BCUT2D eigenvalue weighted by Gasteiger charge is 2.80. The molecule has 6 aliphatic rings. The number of allylic oxidation sites excluding steroid dienone is 4. The summed E-state index contributed by atoms with van der Waals surface area (Å²) < 4.78 is 69.6. The lowest BCUT2D eigenvalue weighted by atomic mass is 9.44. The number of Topliss-reactive ketones (excluding diaryl/α,β-unsaturated/α-hetero) is 1. The van der Waals surface area contributed by atoms with E-state index < -0.39 is 118 Å². The molecular weight excluding hydrogens is 1170 g/mol. The SMILES string of the molecule is CCCC1O[C@@H]2C[C@H]3[C@@H]4C[C@H](F)C5=CC(=O)C=C[C@]5(C)[C@@]4(F)[C@@H](O)C[C@]3(C)[C@]2(C(=O)CNC(=O)[C@H](CCCNC(N)=O)NC(=O)[C@@H](NC(=O)CCOCCOCCOCCOCCNC(=O)CCC(=O)N2Cc3ccccc3/C=C\c3ccccc32)C(C)C)O1. The van der Waals surface area contributed by atoms with Crippen LogP contribution in [-0.4, -0.2) is 173 Å². The van der Waals surface area contributed by atoms with E-state index in [1.54, 1.807) is 25.7 Å². The number of hydrogen-bond acceptors (Lipinski definition) is 15. The van der Waals surface area contributed by atoms with Crippen LogP contribution in [0.5, 0.6) is 0 Å². The largest absolute Gasteiger partial charge is 0.390 e. The summed E-state index contributed by atoms with van der Waals surface area (Å²) in [6.07, 6.45) is 3.13. The van der Waals surface area contributed by atoms with Gasteiger partial charge in [0.15, 0.2) is 29.1 Å². The van der Waals surface area contributed by atoms with Crippen LogP contribution < -0.4 is 37.2 Å². The molecule has 492 valence electrons. The minimum atomic E-state index is -2.41. The van der Waals surface area contributed by atoms with Crippen LogP contribution in [-0.2, 0) is 68.5 Å². The Kier molecular flexibility index (Phi) is 23.8. The van der Waals surface area contributed by atoms with Gasteiger partial charge in [-0.05, 0) is 97.8 Å². The van der Waals surface area contributed by atoms with Crippen molar-refractivity contribution in [3.05, 3.63) is 89.0 Å². The van der Waals surface area contributed by atoms with Crippen molar-refractivity contribution in [3.8, 4) is 0 Å². The van der Waals surface area contributed by atoms with Crippen molar-refractivity contribution < 1.29 is 80.7 Å². The number of para-hydroxylation sites is 1. The number of fused-ring (bicyclic) bond motifs is 9. The molecule has 2 heterocycles. The summed E-state index contributed by atoms with van der Waals surface area (Å²) in [6, 6.07) is 12.4. The quantitative estimate of drug-likeness (QED) is 0.0473. The number of alkyl halides is 2. The molecule has 8 N–H and O–H groups in total. The first-order valence-corrected chi connectivity index (χ1v) is 31.5. The number of halogens is 2. The summed E-state index contributed by atoms with van der Waals surface area (Å²) >= 11 is 0. The van der Waals surface area contributed by atoms with Crippen LogP contribution in [0.25, 0.3) is 12.2 Å². The molecule has 2 aliphatic heterocycles. The predicted octanol–water partition coefficient (Wildman–Crippen LogP) is 5.03. The smallest absolute Gasteiger partial charge is 0.312 e. The number of aliphatic hydroxyl groups is 1. The molecule has 1 unspecified atom stereocenters. The van der Waals surface area contributed by atoms with Gasteiger partial charge in [0.25, 0.3) is 0 Å². The van der Waals surface area contributed by atoms with Gasteiger partial charge in [-0.1, -0.05) is 94.8 Å². The number of anilines is 1. The normalized spacial score (nSPS) is 28.0. The number of aliphatic hydroxyl groups excluding tert-OH is 1. The Morgan fingerprint density at radius 3 is 2.14 bits per heavy atom. The molecule has 4 aliphatic carbocycles. The Labute approximate surface area is 524 Å². The number of rotatable bonds is 32. The van der Waals surface area contributed by atoms with Gasteiger partial charge in [0, 0.05) is 49.1 Å². The summed E-state index contributed by atoms with van der Waals surface area (Å²) in [7, 11) is 0. The number of hydrogen-bond donors (Lipinski definition) is 7. The molecule has 0 radical (unpaired) electrons. The molecular formula is C66H89F2N7O15. The van der Waals surface area contributed by atoms with Gasteiger partial charge in [-0.3, -0.25) is 33.6 Å². The molecule has 7 amide bonds.